The molecule has 3 aromatic rings. The van der Waals surface area contributed by atoms with Gasteiger partial charge in [-0.15, -0.1) is 0 Å². The average Bonchev–Trinajstić information content (AvgIpc) is 2.86. The number of rotatable bonds is 2. The van der Waals surface area contributed by atoms with Gasteiger partial charge in [-0.2, -0.15) is 9.97 Å². The van der Waals surface area contributed by atoms with Crippen molar-refractivity contribution in [3.63, 3.8) is 0 Å². The third kappa shape index (κ3) is 2.79. The van der Waals surface area contributed by atoms with E-state index in [1.807, 2.05) is 0 Å². The van der Waals surface area contributed by atoms with Crippen LogP contribution in [0.1, 0.15) is 16.1 Å². The van der Waals surface area contributed by atoms with Crippen molar-refractivity contribution < 1.29 is 4.79 Å². The number of nitrogens with zero attached hydrogens (tertiary/aromatic N) is 4. The molecule has 9 heteroatoms. The van der Waals surface area contributed by atoms with Crippen LogP contribution in [0.3, 0.4) is 0 Å². The average molecular weight is 323 g/mol. The summed E-state index contributed by atoms with van der Waals surface area (Å²) in [5, 5.41) is 2.96. The molecule has 0 spiro atoms. The number of fused-ring (bicyclic) bond motifs is 1. The number of aromatic amines is 1. The molecule has 0 atom stereocenters. The van der Waals surface area contributed by atoms with E-state index in [-0.39, 0.29) is 16.3 Å². The first-order valence-electron chi connectivity index (χ1n) is 5.85. The maximum atomic E-state index is 12.2. The molecule has 0 aliphatic carbocycles. The van der Waals surface area contributed by atoms with Gasteiger partial charge in [0.05, 0.1) is 6.33 Å². The van der Waals surface area contributed by atoms with E-state index in [0.29, 0.717) is 22.4 Å². The van der Waals surface area contributed by atoms with Gasteiger partial charge in [-0.25, -0.2) is 9.97 Å². The van der Waals surface area contributed by atoms with Crippen molar-refractivity contribution in [1.82, 2.24) is 24.9 Å². The van der Waals surface area contributed by atoms with E-state index < -0.39 is 5.91 Å². The van der Waals surface area contributed by atoms with E-state index in [2.05, 4.69) is 30.2 Å². The van der Waals surface area contributed by atoms with Crippen LogP contribution in [0.25, 0.3) is 11.2 Å². The van der Waals surface area contributed by atoms with Crippen molar-refractivity contribution in [2.45, 2.75) is 6.92 Å². The van der Waals surface area contributed by atoms with Crippen LogP contribution in [0.5, 0.6) is 0 Å². The van der Waals surface area contributed by atoms with Gasteiger partial charge in [0.1, 0.15) is 10.7 Å². The molecule has 0 fully saturated rings. The Morgan fingerprint density at radius 1 is 1.24 bits per heavy atom. The van der Waals surface area contributed by atoms with Gasteiger partial charge in [0.25, 0.3) is 5.91 Å². The second-order valence-electron chi connectivity index (χ2n) is 4.21. The molecule has 0 bridgehead atoms. The summed E-state index contributed by atoms with van der Waals surface area (Å²) in [5.41, 5.74) is 1.87. The van der Waals surface area contributed by atoms with E-state index in [0.717, 1.165) is 0 Å². The van der Waals surface area contributed by atoms with Crippen LogP contribution in [0.15, 0.2) is 18.5 Å². The number of nitrogens with one attached hydrogen (secondary N) is 2. The highest BCUT2D eigenvalue weighted by Crippen LogP contribution is 2.19. The fourth-order valence-corrected chi connectivity index (χ4v) is 2.26. The van der Waals surface area contributed by atoms with Gasteiger partial charge in [0.2, 0.25) is 5.95 Å². The number of amides is 1. The quantitative estimate of drug-likeness (QED) is 0.558. The number of hydrogen-bond acceptors (Lipinski definition) is 5. The molecule has 106 valence electrons. The van der Waals surface area contributed by atoms with Gasteiger partial charge >= 0.3 is 0 Å². The summed E-state index contributed by atoms with van der Waals surface area (Å²) in [4.78, 5) is 31.0. The van der Waals surface area contributed by atoms with Crippen LogP contribution < -0.4 is 5.32 Å². The van der Waals surface area contributed by atoms with Gasteiger partial charge in [-0.05, 0) is 19.1 Å². The van der Waals surface area contributed by atoms with Crippen molar-refractivity contribution in [2.75, 3.05) is 5.32 Å². The molecule has 7 nitrogen and oxygen atoms in total. The predicted molar refractivity (Wildman–Crippen MR) is 78.6 cm³/mol. The topological polar surface area (TPSA) is 96.5 Å². The number of anilines is 1. The molecule has 0 saturated heterocycles. The summed E-state index contributed by atoms with van der Waals surface area (Å²) in [6, 6.07) is 3.06. The first-order valence-corrected chi connectivity index (χ1v) is 6.60. The van der Waals surface area contributed by atoms with Crippen molar-refractivity contribution in [3.8, 4) is 0 Å². The van der Waals surface area contributed by atoms with Crippen molar-refractivity contribution >= 4 is 46.2 Å². The molecular formula is C12H8Cl2N6O. The Bertz CT molecular complexity index is 827. The lowest BCUT2D eigenvalue weighted by Gasteiger charge is -2.05. The number of aromatic nitrogens is 5. The largest absolute Gasteiger partial charge is 0.341 e. The monoisotopic (exact) mass is 322 g/mol. The Hall–Kier alpha value is -2.25. The van der Waals surface area contributed by atoms with Crippen molar-refractivity contribution in [1.29, 1.82) is 0 Å². The zero-order chi connectivity index (χ0) is 15.0. The second kappa shape index (κ2) is 5.27. The predicted octanol–water partition coefficient (Wildman–Crippen LogP) is 2.62. The molecule has 21 heavy (non-hydrogen) atoms. The summed E-state index contributed by atoms with van der Waals surface area (Å²) < 4.78 is 0. The molecule has 0 saturated carbocycles. The van der Waals surface area contributed by atoms with E-state index in [4.69, 9.17) is 23.2 Å². The van der Waals surface area contributed by atoms with E-state index in [9.17, 15) is 4.79 Å². The zero-order valence-corrected chi connectivity index (χ0v) is 12.2. The first-order chi connectivity index (χ1) is 10.0. The SMILES string of the molecule is Cc1cc(C(=O)Nc2nc(Cl)c3[nH]cnc3n2)cc(Cl)n1. The molecular weight excluding hydrogens is 315 g/mol. The standard InChI is InChI=1S/C12H8Cl2N6O/c1-5-2-6(3-7(13)17-5)11(21)20-12-18-9(14)8-10(19-12)16-4-15-8/h2-4H,1H3,(H2,15,16,18,19,20,21). The number of imidazole rings is 1. The Labute approximate surface area is 128 Å². The number of H-pyrrole nitrogens is 1. The smallest absolute Gasteiger partial charge is 0.258 e. The molecule has 0 unspecified atom stereocenters. The van der Waals surface area contributed by atoms with Crippen LogP contribution >= 0.6 is 23.2 Å². The number of carbonyl (C=O) groups excluding carboxylic acids is 1. The Balaban J connectivity index is 1.92. The highest BCUT2D eigenvalue weighted by atomic mass is 35.5. The Kier molecular flexibility index (Phi) is 3.44. The molecule has 2 N–H and O–H groups in total. The lowest BCUT2D eigenvalue weighted by atomic mass is 10.2. The minimum atomic E-state index is -0.409. The van der Waals surface area contributed by atoms with E-state index >= 15 is 0 Å². The van der Waals surface area contributed by atoms with Crippen molar-refractivity contribution in [3.05, 3.63) is 40.0 Å². The second-order valence-corrected chi connectivity index (χ2v) is 4.96. The van der Waals surface area contributed by atoms with Gasteiger partial charge in [0.15, 0.2) is 10.8 Å². The molecule has 0 radical (unpaired) electrons. The minimum absolute atomic E-state index is 0.0650. The molecule has 0 aromatic carbocycles. The van der Waals surface area contributed by atoms with Crippen LogP contribution in [-0.2, 0) is 0 Å². The highest BCUT2D eigenvalue weighted by molar-refractivity contribution is 6.33. The summed E-state index contributed by atoms with van der Waals surface area (Å²) in [6.07, 6.45) is 1.45. The fraction of sp³-hybridized carbons (Fsp3) is 0.0833. The fourth-order valence-electron chi connectivity index (χ4n) is 1.79. The molecule has 3 heterocycles. The maximum absolute atomic E-state index is 12.2. The number of pyridine rings is 1. The van der Waals surface area contributed by atoms with Crippen LogP contribution in [-0.4, -0.2) is 30.8 Å². The summed E-state index contributed by atoms with van der Waals surface area (Å²) >= 11 is 11.8. The lowest BCUT2D eigenvalue weighted by molar-refractivity contribution is 0.102. The molecule has 3 rings (SSSR count). The number of hydrogen-bond donors (Lipinski definition) is 2. The van der Waals surface area contributed by atoms with Crippen LogP contribution in [0.4, 0.5) is 5.95 Å². The number of carbonyl (C=O) groups is 1. The first kappa shape index (κ1) is 13.7. The zero-order valence-electron chi connectivity index (χ0n) is 10.7. The molecule has 3 aromatic heterocycles. The van der Waals surface area contributed by atoms with Crippen LogP contribution in [0.2, 0.25) is 10.3 Å². The normalized spacial score (nSPS) is 10.8. The third-order valence-electron chi connectivity index (χ3n) is 2.65. The van der Waals surface area contributed by atoms with Crippen LogP contribution in [0, 0.1) is 6.92 Å². The van der Waals surface area contributed by atoms with Gasteiger partial charge < -0.3 is 4.98 Å². The van der Waals surface area contributed by atoms with E-state index in [1.165, 1.54) is 12.4 Å². The third-order valence-corrected chi connectivity index (χ3v) is 3.12. The molecule has 0 aliphatic heterocycles. The minimum Gasteiger partial charge on any atom is -0.341 e. The number of aryl methyl sites for hydroxylation is 1. The summed E-state index contributed by atoms with van der Waals surface area (Å²) in [5.74, 6) is -0.344. The van der Waals surface area contributed by atoms with Gasteiger partial charge in [-0.1, -0.05) is 23.2 Å². The highest BCUT2D eigenvalue weighted by Gasteiger charge is 2.13. The lowest BCUT2D eigenvalue weighted by Crippen LogP contribution is -2.15. The maximum Gasteiger partial charge on any atom is 0.258 e. The molecule has 0 aliphatic rings. The van der Waals surface area contributed by atoms with Gasteiger partial charge in [-0.3, -0.25) is 10.1 Å². The van der Waals surface area contributed by atoms with E-state index in [1.54, 1.807) is 13.0 Å². The van der Waals surface area contributed by atoms with Gasteiger partial charge in [0, 0.05) is 11.3 Å². The number of halogens is 2. The Morgan fingerprint density at radius 2 is 2.05 bits per heavy atom. The Morgan fingerprint density at radius 3 is 2.81 bits per heavy atom. The summed E-state index contributed by atoms with van der Waals surface area (Å²) in [7, 11) is 0. The van der Waals surface area contributed by atoms with Crippen molar-refractivity contribution in [2.24, 2.45) is 0 Å². The summed E-state index contributed by atoms with van der Waals surface area (Å²) in [6.45, 7) is 1.74. The molecule has 1 amide bonds.